The van der Waals surface area contributed by atoms with Crippen molar-refractivity contribution in [2.24, 2.45) is 0 Å². The minimum Gasteiger partial charge on any atom is -0.497 e. The summed E-state index contributed by atoms with van der Waals surface area (Å²) in [4.78, 5) is 24.2. The van der Waals surface area contributed by atoms with Crippen LogP contribution in [0.25, 0.3) is 0 Å². The zero-order chi connectivity index (χ0) is 18.1. The lowest BCUT2D eigenvalue weighted by Gasteiger charge is -2.15. The molecule has 6 nitrogen and oxygen atoms in total. The molecule has 0 N–H and O–H groups in total. The van der Waals surface area contributed by atoms with Crippen LogP contribution in [0.2, 0.25) is 0 Å². The molecule has 6 heteroatoms. The van der Waals surface area contributed by atoms with Crippen LogP contribution in [-0.4, -0.2) is 39.4 Å². The second-order valence-electron chi connectivity index (χ2n) is 4.96. The fourth-order valence-corrected chi connectivity index (χ4v) is 2.11. The van der Waals surface area contributed by atoms with Crippen LogP contribution >= 0.6 is 0 Å². The zero-order valence-corrected chi connectivity index (χ0v) is 14.6. The molecular formula is C18H22O6. The molecule has 1 aromatic carbocycles. The molecule has 130 valence electrons. The Morgan fingerprint density at radius 2 is 1.88 bits per heavy atom. The van der Waals surface area contributed by atoms with Gasteiger partial charge in [-0.25, -0.2) is 4.79 Å². The topological polar surface area (TPSA) is 71.1 Å². The van der Waals surface area contributed by atoms with Crippen molar-refractivity contribution in [3.05, 3.63) is 23.3 Å². The van der Waals surface area contributed by atoms with E-state index >= 15 is 0 Å². The van der Waals surface area contributed by atoms with Gasteiger partial charge in [-0.1, -0.05) is 5.92 Å². The van der Waals surface area contributed by atoms with Crippen molar-refractivity contribution in [2.75, 3.05) is 21.3 Å². The Morgan fingerprint density at radius 3 is 2.42 bits per heavy atom. The van der Waals surface area contributed by atoms with Gasteiger partial charge in [0.15, 0.2) is 0 Å². The van der Waals surface area contributed by atoms with Gasteiger partial charge in [-0.2, -0.15) is 0 Å². The number of carbonyl (C=O) groups excluding carboxylic acids is 2. The number of methoxy groups -OCH3 is 3. The minimum absolute atomic E-state index is 0.109. The lowest BCUT2D eigenvalue weighted by atomic mass is 10.0. The van der Waals surface area contributed by atoms with Gasteiger partial charge < -0.3 is 18.9 Å². The summed E-state index contributed by atoms with van der Waals surface area (Å²) in [5.41, 5.74) is 0.593. The van der Waals surface area contributed by atoms with Gasteiger partial charge in [0, 0.05) is 12.5 Å². The van der Waals surface area contributed by atoms with Crippen molar-refractivity contribution < 1.29 is 28.5 Å². The van der Waals surface area contributed by atoms with E-state index in [9.17, 15) is 9.59 Å². The van der Waals surface area contributed by atoms with Crippen molar-refractivity contribution in [1.29, 1.82) is 0 Å². The molecule has 1 rings (SSSR count). The summed E-state index contributed by atoms with van der Waals surface area (Å²) >= 11 is 0. The first-order chi connectivity index (χ1) is 11.5. The van der Waals surface area contributed by atoms with Crippen LogP contribution in [0.3, 0.4) is 0 Å². The Kier molecular flexibility index (Phi) is 7.63. The summed E-state index contributed by atoms with van der Waals surface area (Å²) in [6.45, 7) is 3.48. The molecule has 0 saturated heterocycles. The fourth-order valence-electron chi connectivity index (χ4n) is 2.11. The second-order valence-corrected chi connectivity index (χ2v) is 4.96. The molecule has 0 radical (unpaired) electrons. The average molecular weight is 334 g/mol. The van der Waals surface area contributed by atoms with Crippen molar-refractivity contribution in [3.63, 3.8) is 0 Å². The number of ether oxygens (including phenoxy) is 4. The van der Waals surface area contributed by atoms with Crippen molar-refractivity contribution in [1.82, 2.24) is 0 Å². The molecule has 0 fully saturated rings. The van der Waals surface area contributed by atoms with Crippen LogP contribution in [0.5, 0.6) is 11.5 Å². The molecule has 0 heterocycles. The van der Waals surface area contributed by atoms with Crippen LogP contribution in [0.15, 0.2) is 12.1 Å². The molecule has 1 aromatic rings. The number of benzene rings is 1. The van der Waals surface area contributed by atoms with Gasteiger partial charge in [0.2, 0.25) is 0 Å². The minimum atomic E-state index is -0.595. The van der Waals surface area contributed by atoms with E-state index in [0.717, 1.165) is 0 Å². The standard InChI is InChI=1S/C18H22O6/c1-6-7-8-12(2)24-16(19)10-13-9-14(21-3)11-15(22-4)17(13)18(20)23-5/h9,11-12H,8,10H2,1-5H3/t12-/m0/s1. The maximum Gasteiger partial charge on any atom is 0.341 e. The quantitative estimate of drug-likeness (QED) is 0.563. The molecule has 0 aliphatic rings. The summed E-state index contributed by atoms with van der Waals surface area (Å²) < 4.78 is 20.5. The van der Waals surface area contributed by atoms with Gasteiger partial charge in [-0.15, -0.1) is 5.92 Å². The highest BCUT2D eigenvalue weighted by Gasteiger charge is 2.22. The molecule has 0 spiro atoms. The molecule has 1 atom stereocenters. The average Bonchev–Trinajstić information content (AvgIpc) is 2.58. The molecule has 0 aliphatic heterocycles. The van der Waals surface area contributed by atoms with Gasteiger partial charge in [-0.3, -0.25) is 4.79 Å². The number of esters is 2. The van der Waals surface area contributed by atoms with Gasteiger partial charge in [0.25, 0.3) is 0 Å². The summed E-state index contributed by atoms with van der Waals surface area (Å²) in [6.07, 6.45) is 0.00844. The van der Waals surface area contributed by atoms with E-state index in [4.69, 9.17) is 18.9 Å². The normalized spacial score (nSPS) is 10.9. The fraction of sp³-hybridized carbons (Fsp3) is 0.444. The van der Waals surface area contributed by atoms with E-state index in [-0.39, 0.29) is 23.8 Å². The molecule has 0 amide bonds. The van der Waals surface area contributed by atoms with Gasteiger partial charge in [-0.05, 0) is 25.5 Å². The zero-order valence-electron chi connectivity index (χ0n) is 14.6. The van der Waals surface area contributed by atoms with E-state index in [1.54, 1.807) is 26.0 Å². The van der Waals surface area contributed by atoms with Crippen LogP contribution in [0, 0.1) is 11.8 Å². The lowest BCUT2D eigenvalue weighted by molar-refractivity contribution is -0.147. The third-order valence-corrected chi connectivity index (χ3v) is 3.24. The van der Waals surface area contributed by atoms with E-state index in [0.29, 0.717) is 17.7 Å². The number of carbonyl (C=O) groups is 2. The molecule has 0 aromatic heterocycles. The number of hydrogen-bond donors (Lipinski definition) is 0. The highest BCUT2D eigenvalue weighted by molar-refractivity contribution is 5.95. The van der Waals surface area contributed by atoms with Crippen molar-refractivity contribution in [3.8, 4) is 23.3 Å². The first kappa shape index (κ1) is 19.4. The van der Waals surface area contributed by atoms with Crippen LogP contribution in [0.4, 0.5) is 0 Å². The number of rotatable bonds is 7. The molecule has 0 bridgehead atoms. The smallest absolute Gasteiger partial charge is 0.341 e. The SMILES string of the molecule is CC#CC[C@H](C)OC(=O)Cc1cc(OC)cc(OC)c1C(=O)OC. The Balaban J connectivity index is 3.09. The molecular weight excluding hydrogens is 312 g/mol. The first-order valence-corrected chi connectivity index (χ1v) is 7.39. The van der Waals surface area contributed by atoms with Crippen molar-refractivity contribution in [2.45, 2.75) is 32.8 Å². The Labute approximate surface area is 142 Å². The summed E-state index contributed by atoms with van der Waals surface area (Å²) in [5, 5.41) is 0. The molecule has 0 unspecified atom stereocenters. The Hall–Kier alpha value is -2.68. The largest absolute Gasteiger partial charge is 0.497 e. The monoisotopic (exact) mass is 334 g/mol. The Morgan fingerprint density at radius 1 is 1.17 bits per heavy atom. The maximum atomic E-state index is 12.1. The van der Waals surface area contributed by atoms with E-state index < -0.39 is 11.9 Å². The van der Waals surface area contributed by atoms with E-state index in [1.807, 2.05) is 0 Å². The Bertz CT molecular complexity index is 653. The van der Waals surface area contributed by atoms with Gasteiger partial charge >= 0.3 is 11.9 Å². The first-order valence-electron chi connectivity index (χ1n) is 7.39. The summed E-state index contributed by atoms with van der Waals surface area (Å²) in [6, 6.07) is 3.15. The highest BCUT2D eigenvalue weighted by Crippen LogP contribution is 2.30. The predicted molar refractivity (Wildman–Crippen MR) is 88.2 cm³/mol. The van der Waals surface area contributed by atoms with Gasteiger partial charge in [0.05, 0.1) is 27.8 Å². The van der Waals surface area contributed by atoms with Gasteiger partial charge in [0.1, 0.15) is 23.2 Å². The second kappa shape index (κ2) is 9.46. The maximum absolute atomic E-state index is 12.1. The van der Waals surface area contributed by atoms with E-state index in [2.05, 4.69) is 11.8 Å². The van der Waals surface area contributed by atoms with E-state index in [1.165, 1.54) is 21.3 Å². The molecule has 0 aliphatic carbocycles. The van der Waals surface area contributed by atoms with Crippen LogP contribution in [0.1, 0.15) is 36.2 Å². The predicted octanol–water partition coefficient (Wildman–Crippen LogP) is 2.38. The van der Waals surface area contributed by atoms with Crippen LogP contribution in [-0.2, 0) is 20.7 Å². The summed E-state index contributed by atoms with van der Waals surface area (Å²) in [7, 11) is 4.18. The third kappa shape index (κ3) is 5.20. The lowest BCUT2D eigenvalue weighted by Crippen LogP contribution is -2.18. The van der Waals surface area contributed by atoms with Crippen molar-refractivity contribution >= 4 is 11.9 Å². The highest BCUT2D eigenvalue weighted by atomic mass is 16.5. The van der Waals surface area contributed by atoms with Crippen LogP contribution < -0.4 is 9.47 Å². The third-order valence-electron chi connectivity index (χ3n) is 3.24. The number of hydrogen-bond acceptors (Lipinski definition) is 6. The summed E-state index contributed by atoms with van der Waals surface area (Å²) in [5.74, 6) is 5.27. The molecule has 0 saturated carbocycles. The molecule has 24 heavy (non-hydrogen) atoms.